The van der Waals surface area contributed by atoms with Crippen molar-refractivity contribution in [3.63, 3.8) is 0 Å². The van der Waals surface area contributed by atoms with E-state index in [-0.39, 0.29) is 37.1 Å². The van der Waals surface area contributed by atoms with Crippen molar-refractivity contribution in [3.8, 4) is 11.6 Å². The van der Waals surface area contributed by atoms with Gasteiger partial charge in [0.25, 0.3) is 11.8 Å². The summed E-state index contributed by atoms with van der Waals surface area (Å²) in [5.74, 6) is 0.105. The number of imidazole rings is 1. The number of nitrogens with zero attached hydrogens (tertiary/aromatic N) is 4. The molecule has 0 saturated carbocycles. The summed E-state index contributed by atoms with van der Waals surface area (Å²) in [4.78, 5) is 46.4. The van der Waals surface area contributed by atoms with Gasteiger partial charge < -0.3 is 15.0 Å². The zero-order valence-electron chi connectivity index (χ0n) is 20.4. The van der Waals surface area contributed by atoms with Crippen LogP contribution in [-0.2, 0) is 19.6 Å². The lowest BCUT2D eigenvalue weighted by Crippen LogP contribution is -2.41. The highest BCUT2D eigenvalue weighted by molar-refractivity contribution is 9.10. The van der Waals surface area contributed by atoms with Gasteiger partial charge in [0.05, 0.1) is 30.6 Å². The number of halogens is 2. The highest BCUT2D eigenvalue weighted by Gasteiger charge is 2.32. The lowest BCUT2D eigenvalue weighted by molar-refractivity contribution is 0.0706. The van der Waals surface area contributed by atoms with E-state index in [9.17, 15) is 14.4 Å². The van der Waals surface area contributed by atoms with Crippen LogP contribution >= 0.6 is 27.5 Å². The van der Waals surface area contributed by atoms with Crippen LogP contribution in [0.2, 0.25) is 5.02 Å². The monoisotopic (exact) mass is 595 g/mol. The van der Waals surface area contributed by atoms with Crippen LogP contribution < -0.4 is 15.7 Å². The molecule has 0 unspecified atom stereocenters. The van der Waals surface area contributed by atoms with Crippen molar-refractivity contribution >= 4 is 39.3 Å². The second kappa shape index (κ2) is 10.8. The molecule has 2 aromatic heterocycles. The molecular weight excluding hydrogens is 574 g/mol. The van der Waals surface area contributed by atoms with Gasteiger partial charge in [-0.2, -0.15) is 0 Å². The number of hydrogen-bond acceptors (Lipinski definition) is 5. The molecule has 5 rings (SSSR count). The third-order valence-corrected chi connectivity index (χ3v) is 7.56. The van der Waals surface area contributed by atoms with Crippen molar-refractivity contribution in [2.45, 2.75) is 19.6 Å². The number of ether oxygens (including phenoxy) is 1. The molecule has 3 heterocycles. The van der Waals surface area contributed by atoms with Crippen LogP contribution in [0.15, 0.2) is 76.1 Å². The molecule has 0 bridgehead atoms. The molecule has 1 aliphatic heterocycles. The van der Waals surface area contributed by atoms with Crippen LogP contribution in [0.3, 0.4) is 0 Å². The van der Waals surface area contributed by atoms with E-state index in [1.54, 1.807) is 35.2 Å². The van der Waals surface area contributed by atoms with Crippen molar-refractivity contribution in [2.24, 2.45) is 0 Å². The third kappa shape index (κ3) is 4.97. The minimum Gasteiger partial charge on any atom is -0.495 e. The summed E-state index contributed by atoms with van der Waals surface area (Å²) in [6, 6.07) is 17.7. The van der Waals surface area contributed by atoms with E-state index in [0.29, 0.717) is 33.0 Å². The summed E-state index contributed by atoms with van der Waals surface area (Å²) in [5, 5.41) is 3.33. The van der Waals surface area contributed by atoms with Crippen molar-refractivity contribution in [1.82, 2.24) is 24.3 Å². The summed E-state index contributed by atoms with van der Waals surface area (Å²) in [5.41, 5.74) is 1.49. The number of carbonyl (C=O) groups excluding carboxylic acids is 2. The fraction of sp³-hybridized carbons (Fsp3) is 0.185. The van der Waals surface area contributed by atoms with E-state index >= 15 is 0 Å². The van der Waals surface area contributed by atoms with Crippen LogP contribution in [0.4, 0.5) is 0 Å². The Kier molecular flexibility index (Phi) is 7.35. The van der Waals surface area contributed by atoms with Gasteiger partial charge in [0, 0.05) is 29.7 Å². The number of methoxy groups -OCH3 is 1. The van der Waals surface area contributed by atoms with Gasteiger partial charge in [0.1, 0.15) is 17.3 Å². The topological polar surface area (TPSA) is 98.5 Å². The van der Waals surface area contributed by atoms with Gasteiger partial charge in [0.2, 0.25) is 0 Å². The Bertz CT molecular complexity index is 1570. The number of rotatable bonds is 6. The van der Waals surface area contributed by atoms with Gasteiger partial charge in [0.15, 0.2) is 0 Å². The predicted octanol–water partition coefficient (Wildman–Crippen LogP) is 4.04. The summed E-state index contributed by atoms with van der Waals surface area (Å²) in [6.45, 7) is 0.865. The van der Waals surface area contributed by atoms with Crippen molar-refractivity contribution in [1.29, 1.82) is 0 Å². The summed E-state index contributed by atoms with van der Waals surface area (Å²) < 4.78 is 8.69. The molecule has 38 heavy (non-hydrogen) atoms. The molecule has 9 nitrogen and oxygen atoms in total. The molecule has 0 saturated heterocycles. The molecule has 0 atom stereocenters. The van der Waals surface area contributed by atoms with E-state index < -0.39 is 11.6 Å². The number of aromatic nitrogens is 3. The summed E-state index contributed by atoms with van der Waals surface area (Å²) in [7, 11) is 1.52. The van der Waals surface area contributed by atoms with Gasteiger partial charge in [-0.1, -0.05) is 41.9 Å². The Hall–Kier alpha value is -3.89. The molecule has 2 amide bonds. The number of carbonyl (C=O) groups is 2. The Morgan fingerprint density at radius 1 is 1.11 bits per heavy atom. The number of benzene rings is 2. The normalized spacial score (nSPS) is 12.7. The average molecular weight is 597 g/mol. The highest BCUT2D eigenvalue weighted by atomic mass is 79.9. The van der Waals surface area contributed by atoms with Crippen molar-refractivity contribution < 1.29 is 14.3 Å². The Labute approximate surface area is 231 Å². The zero-order valence-corrected chi connectivity index (χ0v) is 22.7. The van der Waals surface area contributed by atoms with Gasteiger partial charge in [-0.3, -0.25) is 14.2 Å². The second-order valence-corrected chi connectivity index (χ2v) is 9.91. The van der Waals surface area contributed by atoms with Gasteiger partial charge in [-0.25, -0.2) is 14.3 Å². The first-order valence-corrected chi connectivity index (χ1v) is 13.0. The Morgan fingerprint density at radius 3 is 2.58 bits per heavy atom. The molecule has 2 aromatic carbocycles. The lowest BCUT2D eigenvalue weighted by Gasteiger charge is -2.28. The zero-order chi connectivity index (χ0) is 26.8. The Balaban J connectivity index is 1.53. The van der Waals surface area contributed by atoms with E-state index in [0.717, 1.165) is 5.56 Å². The molecular formula is C27H23BrClN5O4. The molecule has 11 heteroatoms. The van der Waals surface area contributed by atoms with E-state index in [4.69, 9.17) is 16.3 Å². The standard InChI is InChI=1S/C27H23BrClN5O4/c1-38-19-8-10-23(30-15-19)34-24(25(35)31-14-17-5-3-2-4-6-17)22-16-32(11-12-33(22)27(34)37)26(36)18-7-9-20(28)21(29)13-18/h2-10,13,15H,11-12,14,16H2,1H3,(H,31,35). The molecule has 0 fully saturated rings. The number of pyridine rings is 1. The predicted molar refractivity (Wildman–Crippen MR) is 146 cm³/mol. The van der Waals surface area contributed by atoms with Crippen LogP contribution in [0.5, 0.6) is 5.75 Å². The van der Waals surface area contributed by atoms with Crippen LogP contribution in [0.25, 0.3) is 5.82 Å². The SMILES string of the molecule is COc1ccc(-n2c(C(=O)NCc3ccccc3)c3n(c2=O)CCN(C(=O)c2ccc(Br)c(Cl)c2)C3)nc1. The van der Waals surface area contributed by atoms with Crippen LogP contribution in [0, 0.1) is 0 Å². The third-order valence-electron chi connectivity index (χ3n) is 6.33. The molecule has 0 aliphatic carbocycles. The number of fused-ring (bicyclic) bond motifs is 1. The Morgan fingerprint density at radius 2 is 1.89 bits per heavy atom. The van der Waals surface area contributed by atoms with Crippen molar-refractivity contribution in [3.05, 3.63) is 109 Å². The lowest BCUT2D eigenvalue weighted by atomic mass is 10.1. The largest absolute Gasteiger partial charge is 0.495 e. The highest BCUT2D eigenvalue weighted by Crippen LogP contribution is 2.26. The van der Waals surface area contributed by atoms with Gasteiger partial charge in [-0.05, 0) is 51.8 Å². The number of hydrogen-bond donors (Lipinski definition) is 1. The first kappa shape index (κ1) is 25.7. The molecule has 1 aliphatic rings. The molecule has 4 aromatic rings. The maximum Gasteiger partial charge on any atom is 0.334 e. The fourth-order valence-corrected chi connectivity index (χ4v) is 4.80. The van der Waals surface area contributed by atoms with E-state index in [1.165, 1.54) is 22.4 Å². The molecule has 0 spiro atoms. The number of nitrogens with one attached hydrogen (secondary N) is 1. The summed E-state index contributed by atoms with van der Waals surface area (Å²) in [6.07, 6.45) is 1.48. The fourth-order valence-electron chi connectivity index (χ4n) is 4.38. The maximum atomic E-state index is 13.6. The minimum atomic E-state index is -0.446. The first-order chi connectivity index (χ1) is 18.4. The second-order valence-electron chi connectivity index (χ2n) is 8.65. The van der Waals surface area contributed by atoms with Crippen LogP contribution in [0.1, 0.15) is 32.1 Å². The number of amides is 2. The van der Waals surface area contributed by atoms with E-state index in [2.05, 4.69) is 26.2 Å². The maximum absolute atomic E-state index is 13.6. The van der Waals surface area contributed by atoms with Crippen molar-refractivity contribution in [2.75, 3.05) is 13.7 Å². The molecule has 194 valence electrons. The quantitative estimate of drug-likeness (QED) is 0.362. The minimum absolute atomic E-state index is 0.0685. The first-order valence-electron chi connectivity index (χ1n) is 11.8. The van der Waals surface area contributed by atoms with Crippen LogP contribution in [-0.4, -0.2) is 44.5 Å². The molecule has 1 N–H and O–H groups in total. The molecule has 0 radical (unpaired) electrons. The summed E-state index contributed by atoms with van der Waals surface area (Å²) >= 11 is 9.55. The average Bonchev–Trinajstić information content (AvgIpc) is 3.25. The smallest absolute Gasteiger partial charge is 0.334 e. The van der Waals surface area contributed by atoms with Gasteiger partial charge >= 0.3 is 5.69 Å². The van der Waals surface area contributed by atoms with E-state index in [1.807, 2.05) is 30.3 Å². The van der Waals surface area contributed by atoms with Gasteiger partial charge in [-0.15, -0.1) is 0 Å².